The number of halogens is 2. The number of hydrogen-bond acceptors (Lipinski definition) is 6. The highest BCUT2D eigenvalue weighted by molar-refractivity contribution is 7.87. The Morgan fingerprint density at radius 3 is 2.44 bits per heavy atom. The van der Waals surface area contributed by atoms with Gasteiger partial charge >= 0.3 is 5.97 Å². The SMILES string of the molecule is CCC(CNCOS(=O)(=O)C1CC1)N1C(=O)C(C)(CC(=O)O)CC(c2cccc(Cl)c2)C1c1ccc(Cl)cc1. The van der Waals surface area contributed by atoms with E-state index in [0.717, 1.165) is 11.1 Å². The van der Waals surface area contributed by atoms with E-state index in [1.807, 2.05) is 37.3 Å². The minimum Gasteiger partial charge on any atom is -0.481 e. The van der Waals surface area contributed by atoms with E-state index in [1.165, 1.54) is 0 Å². The van der Waals surface area contributed by atoms with Crippen LogP contribution in [0.4, 0.5) is 0 Å². The van der Waals surface area contributed by atoms with Crippen LogP contribution in [0, 0.1) is 5.41 Å². The molecule has 1 saturated carbocycles. The normalized spacial score (nSPS) is 24.5. The summed E-state index contributed by atoms with van der Waals surface area (Å²) < 4.78 is 29.4. The predicted octanol–water partition coefficient (Wildman–Crippen LogP) is 5.37. The highest BCUT2D eigenvalue weighted by atomic mass is 35.5. The summed E-state index contributed by atoms with van der Waals surface area (Å²) in [6.45, 7) is 3.71. The summed E-state index contributed by atoms with van der Waals surface area (Å²) in [5.74, 6) is -1.57. The molecule has 0 spiro atoms. The third-order valence-corrected chi connectivity index (χ3v) is 9.86. The van der Waals surface area contributed by atoms with E-state index in [0.29, 0.717) is 35.7 Å². The Morgan fingerprint density at radius 2 is 1.85 bits per heavy atom. The molecule has 2 aromatic rings. The van der Waals surface area contributed by atoms with Crippen molar-refractivity contribution in [3.8, 4) is 0 Å². The summed E-state index contributed by atoms with van der Waals surface area (Å²) in [6, 6.07) is 13.9. The summed E-state index contributed by atoms with van der Waals surface area (Å²) in [4.78, 5) is 27.9. The van der Waals surface area contributed by atoms with Gasteiger partial charge in [0.2, 0.25) is 5.91 Å². The summed E-state index contributed by atoms with van der Waals surface area (Å²) in [5, 5.41) is 13.5. The van der Waals surface area contributed by atoms with Crippen LogP contribution in [-0.2, 0) is 23.9 Å². The molecule has 4 atom stereocenters. The van der Waals surface area contributed by atoms with E-state index in [2.05, 4.69) is 5.32 Å². The molecule has 0 radical (unpaired) electrons. The Hall–Kier alpha value is -2.17. The van der Waals surface area contributed by atoms with Crippen LogP contribution in [0.25, 0.3) is 0 Å². The summed E-state index contributed by atoms with van der Waals surface area (Å²) in [6.07, 6.45) is 1.76. The third-order valence-electron chi connectivity index (χ3n) is 7.63. The van der Waals surface area contributed by atoms with Gasteiger partial charge in [-0.15, -0.1) is 0 Å². The molecule has 4 rings (SSSR count). The minimum atomic E-state index is -3.60. The summed E-state index contributed by atoms with van der Waals surface area (Å²) in [5.41, 5.74) is 0.598. The topological polar surface area (TPSA) is 113 Å². The second-order valence-corrected chi connectivity index (χ2v) is 13.4. The van der Waals surface area contributed by atoms with Gasteiger partial charge in [0.05, 0.1) is 23.1 Å². The van der Waals surface area contributed by atoms with Gasteiger partial charge in [0.15, 0.2) is 0 Å². The van der Waals surface area contributed by atoms with Gasteiger partial charge in [-0.05, 0) is 61.1 Å². The fraction of sp³-hybridized carbons (Fsp3) is 0.500. The van der Waals surface area contributed by atoms with E-state index in [1.54, 1.807) is 30.0 Å². The quantitative estimate of drug-likeness (QED) is 0.192. The van der Waals surface area contributed by atoms with E-state index in [-0.39, 0.29) is 37.6 Å². The minimum absolute atomic E-state index is 0.201. The highest BCUT2D eigenvalue weighted by Gasteiger charge is 2.52. The fourth-order valence-electron chi connectivity index (χ4n) is 5.52. The van der Waals surface area contributed by atoms with Gasteiger partial charge in [-0.1, -0.05) is 61.3 Å². The summed E-state index contributed by atoms with van der Waals surface area (Å²) >= 11 is 12.6. The first-order valence-electron chi connectivity index (χ1n) is 13.1. The lowest BCUT2D eigenvalue weighted by Gasteiger charge is -2.52. The van der Waals surface area contributed by atoms with Gasteiger partial charge in [-0.2, -0.15) is 8.42 Å². The Balaban J connectivity index is 1.72. The van der Waals surface area contributed by atoms with Gasteiger partial charge in [-0.3, -0.25) is 19.1 Å². The maximum atomic E-state index is 14.2. The number of rotatable bonds is 12. The molecule has 39 heavy (non-hydrogen) atoms. The van der Waals surface area contributed by atoms with Gasteiger partial charge in [-0.25, -0.2) is 0 Å². The monoisotopic (exact) mass is 596 g/mol. The van der Waals surface area contributed by atoms with E-state index in [9.17, 15) is 23.1 Å². The van der Waals surface area contributed by atoms with Crippen molar-refractivity contribution in [2.45, 2.75) is 69.2 Å². The summed E-state index contributed by atoms with van der Waals surface area (Å²) in [7, 11) is -3.60. The largest absolute Gasteiger partial charge is 0.481 e. The van der Waals surface area contributed by atoms with Crippen LogP contribution in [0.15, 0.2) is 48.5 Å². The first-order chi connectivity index (χ1) is 18.4. The van der Waals surface area contributed by atoms with Crippen molar-refractivity contribution in [3.63, 3.8) is 0 Å². The number of carbonyl (C=O) groups excluding carboxylic acids is 1. The molecule has 1 heterocycles. The van der Waals surface area contributed by atoms with Crippen molar-refractivity contribution in [2.24, 2.45) is 5.41 Å². The van der Waals surface area contributed by atoms with Crippen molar-refractivity contribution >= 4 is 45.2 Å². The van der Waals surface area contributed by atoms with Crippen molar-refractivity contribution in [1.82, 2.24) is 10.2 Å². The predicted molar refractivity (Wildman–Crippen MR) is 150 cm³/mol. The highest BCUT2D eigenvalue weighted by Crippen LogP contribution is 2.52. The Bertz CT molecular complexity index is 1300. The lowest BCUT2D eigenvalue weighted by Crippen LogP contribution is -2.58. The molecular formula is C28H34Cl2N2O6S. The molecule has 1 aliphatic heterocycles. The second-order valence-electron chi connectivity index (χ2n) is 10.7. The van der Waals surface area contributed by atoms with Gasteiger partial charge in [0.1, 0.15) is 6.73 Å². The number of carboxylic acid groups (broad SMARTS) is 1. The molecule has 1 saturated heterocycles. The maximum Gasteiger partial charge on any atom is 0.304 e. The van der Waals surface area contributed by atoms with Crippen LogP contribution < -0.4 is 5.32 Å². The van der Waals surface area contributed by atoms with Gasteiger partial charge in [0.25, 0.3) is 10.1 Å². The third kappa shape index (κ3) is 6.95. The zero-order valence-corrected chi connectivity index (χ0v) is 24.3. The van der Waals surface area contributed by atoms with Gasteiger partial charge in [0, 0.05) is 28.5 Å². The van der Waals surface area contributed by atoms with Crippen LogP contribution in [0.3, 0.4) is 0 Å². The average Bonchev–Trinajstić information content (AvgIpc) is 3.73. The van der Waals surface area contributed by atoms with Crippen molar-refractivity contribution < 1.29 is 27.3 Å². The zero-order valence-electron chi connectivity index (χ0n) is 22.0. The number of piperidine rings is 1. The molecule has 2 N–H and O–H groups in total. The van der Waals surface area contributed by atoms with Crippen LogP contribution in [0.5, 0.6) is 0 Å². The van der Waals surface area contributed by atoms with E-state index < -0.39 is 32.8 Å². The number of likely N-dealkylation sites (tertiary alicyclic amines) is 1. The molecule has 11 heteroatoms. The molecule has 1 amide bonds. The van der Waals surface area contributed by atoms with E-state index >= 15 is 0 Å². The number of carboxylic acids is 1. The smallest absolute Gasteiger partial charge is 0.304 e. The first kappa shape index (κ1) is 29.8. The number of aliphatic carboxylic acids is 1. The molecular weight excluding hydrogens is 563 g/mol. The zero-order chi connectivity index (χ0) is 28.4. The van der Waals surface area contributed by atoms with Crippen molar-refractivity contribution in [1.29, 1.82) is 0 Å². The molecule has 2 aliphatic rings. The Kier molecular flexibility index (Phi) is 9.28. The Labute approximate surface area is 239 Å². The number of hydrogen-bond donors (Lipinski definition) is 2. The molecule has 0 aromatic heterocycles. The molecule has 1 aliphatic carbocycles. The lowest BCUT2D eigenvalue weighted by molar-refractivity contribution is -0.160. The average molecular weight is 598 g/mol. The molecule has 4 unspecified atom stereocenters. The second kappa shape index (κ2) is 12.1. The number of nitrogens with zero attached hydrogens (tertiary/aromatic N) is 1. The molecule has 0 bridgehead atoms. The number of nitrogens with one attached hydrogen (secondary N) is 1. The van der Waals surface area contributed by atoms with Crippen LogP contribution >= 0.6 is 23.2 Å². The number of amides is 1. The molecule has 212 valence electrons. The molecule has 2 aromatic carbocycles. The van der Waals surface area contributed by atoms with Crippen molar-refractivity contribution in [3.05, 3.63) is 69.7 Å². The standard InChI is InChI=1S/C28H34Cl2N2O6S/c1-3-22(16-31-17-38-39(36,37)23-11-12-23)32-26(18-7-9-20(29)10-8-18)24(19-5-4-6-21(30)13-19)14-28(2,27(32)35)15-25(33)34/h4-10,13,22-24,26,31H,3,11-12,14-17H2,1-2H3,(H,33,34). The first-order valence-corrected chi connectivity index (χ1v) is 15.3. The van der Waals surface area contributed by atoms with Crippen LogP contribution in [0.2, 0.25) is 10.0 Å². The lowest BCUT2D eigenvalue weighted by atomic mass is 9.67. The van der Waals surface area contributed by atoms with Gasteiger partial charge < -0.3 is 10.0 Å². The Morgan fingerprint density at radius 1 is 1.15 bits per heavy atom. The fourth-order valence-corrected chi connectivity index (χ4v) is 7.00. The molecule has 8 nitrogen and oxygen atoms in total. The number of carbonyl (C=O) groups is 2. The van der Waals surface area contributed by atoms with Crippen LogP contribution in [-0.4, -0.2) is 54.9 Å². The van der Waals surface area contributed by atoms with Crippen molar-refractivity contribution in [2.75, 3.05) is 13.3 Å². The number of benzene rings is 2. The molecule has 2 fully saturated rings. The van der Waals surface area contributed by atoms with Crippen LogP contribution in [0.1, 0.15) is 69.0 Å². The maximum absolute atomic E-state index is 14.2. The van der Waals surface area contributed by atoms with E-state index in [4.69, 9.17) is 27.4 Å².